The third-order valence-electron chi connectivity index (χ3n) is 2.77. The van der Waals surface area contributed by atoms with Gasteiger partial charge in [0.15, 0.2) is 0 Å². The lowest BCUT2D eigenvalue weighted by atomic mass is 10.1. The van der Waals surface area contributed by atoms with Crippen LogP contribution in [0.25, 0.3) is 0 Å². The zero-order valence-electron chi connectivity index (χ0n) is 8.59. The molecule has 0 saturated carbocycles. The predicted octanol–water partition coefficient (Wildman–Crippen LogP) is 2.24. The lowest BCUT2D eigenvalue weighted by Gasteiger charge is -2.01. The summed E-state index contributed by atoms with van der Waals surface area (Å²) in [5.41, 5.74) is 3.09. The van der Waals surface area contributed by atoms with E-state index in [1.165, 1.54) is 17.7 Å². The summed E-state index contributed by atoms with van der Waals surface area (Å²) in [7, 11) is 0. The highest BCUT2D eigenvalue weighted by Crippen LogP contribution is 2.32. The van der Waals surface area contributed by atoms with Crippen molar-refractivity contribution in [1.82, 2.24) is 4.98 Å². The van der Waals surface area contributed by atoms with Gasteiger partial charge in [-0.15, -0.1) is 0 Å². The van der Waals surface area contributed by atoms with Crippen LogP contribution in [-0.2, 0) is 11.2 Å². The number of aryl methyl sites for hydroxylation is 1. The molecule has 1 aromatic heterocycles. The van der Waals surface area contributed by atoms with Crippen molar-refractivity contribution in [3.05, 3.63) is 23.0 Å². The van der Waals surface area contributed by atoms with Crippen molar-refractivity contribution >= 4 is 5.97 Å². The highest BCUT2D eigenvalue weighted by atomic mass is 16.5. The maximum atomic E-state index is 11.4. The highest BCUT2D eigenvalue weighted by Gasteiger charge is 2.23. The molecule has 2 rings (SSSR count). The number of fused-ring (bicyclic) bond motifs is 1. The van der Waals surface area contributed by atoms with Crippen molar-refractivity contribution in [3.63, 3.8) is 0 Å². The van der Waals surface area contributed by atoms with E-state index < -0.39 is 0 Å². The van der Waals surface area contributed by atoms with Gasteiger partial charge in [-0.3, -0.25) is 0 Å². The number of esters is 1. The smallest absolute Gasteiger partial charge is 0.354 e. The SMILES string of the molecule is CCOC(=O)c1cc2c([nH]1)C(C)CC2. The molecule has 0 aliphatic heterocycles. The summed E-state index contributed by atoms with van der Waals surface area (Å²) in [6.07, 6.45) is 2.26. The average molecular weight is 193 g/mol. The standard InChI is InChI=1S/C11H15NO2/c1-3-14-11(13)9-6-8-5-4-7(2)10(8)12-9/h6-7,12H,3-5H2,1-2H3. The van der Waals surface area contributed by atoms with Crippen LogP contribution >= 0.6 is 0 Å². The van der Waals surface area contributed by atoms with Gasteiger partial charge >= 0.3 is 5.97 Å². The van der Waals surface area contributed by atoms with Crippen molar-refractivity contribution in [2.45, 2.75) is 32.6 Å². The molecule has 1 heterocycles. The van der Waals surface area contributed by atoms with Gasteiger partial charge in [0.2, 0.25) is 0 Å². The largest absolute Gasteiger partial charge is 0.461 e. The van der Waals surface area contributed by atoms with Crippen molar-refractivity contribution in [2.75, 3.05) is 6.61 Å². The summed E-state index contributed by atoms with van der Waals surface area (Å²) < 4.78 is 4.93. The average Bonchev–Trinajstić information content (AvgIpc) is 2.69. The molecule has 1 N–H and O–H groups in total. The first kappa shape index (κ1) is 9.31. The number of carbonyl (C=O) groups is 1. The first-order chi connectivity index (χ1) is 6.72. The van der Waals surface area contributed by atoms with E-state index in [1.54, 1.807) is 0 Å². The van der Waals surface area contributed by atoms with Crippen molar-refractivity contribution in [1.29, 1.82) is 0 Å². The van der Waals surface area contributed by atoms with Crippen LogP contribution in [0, 0.1) is 0 Å². The fourth-order valence-corrected chi connectivity index (χ4v) is 2.00. The van der Waals surface area contributed by atoms with Gasteiger partial charge in [0.05, 0.1) is 6.61 Å². The third kappa shape index (κ3) is 1.43. The maximum absolute atomic E-state index is 11.4. The molecular formula is C11H15NO2. The molecule has 3 nitrogen and oxygen atoms in total. The number of aromatic nitrogens is 1. The van der Waals surface area contributed by atoms with Crippen LogP contribution in [0.3, 0.4) is 0 Å². The number of carbonyl (C=O) groups excluding carboxylic acids is 1. The second-order valence-corrected chi connectivity index (χ2v) is 3.78. The Morgan fingerprint density at radius 3 is 3.14 bits per heavy atom. The molecular weight excluding hydrogens is 178 g/mol. The summed E-state index contributed by atoms with van der Waals surface area (Å²) >= 11 is 0. The van der Waals surface area contributed by atoms with E-state index >= 15 is 0 Å². The number of ether oxygens (including phenoxy) is 1. The number of hydrogen-bond acceptors (Lipinski definition) is 2. The van der Waals surface area contributed by atoms with Gasteiger partial charge < -0.3 is 9.72 Å². The third-order valence-corrected chi connectivity index (χ3v) is 2.77. The highest BCUT2D eigenvalue weighted by molar-refractivity contribution is 5.88. The van der Waals surface area contributed by atoms with Crippen LogP contribution in [0.1, 0.15) is 47.9 Å². The summed E-state index contributed by atoms with van der Waals surface area (Å²) in [6, 6.07) is 1.93. The van der Waals surface area contributed by atoms with Crippen LogP contribution < -0.4 is 0 Å². The van der Waals surface area contributed by atoms with E-state index in [2.05, 4.69) is 11.9 Å². The van der Waals surface area contributed by atoms with Crippen LogP contribution in [0.4, 0.5) is 0 Å². The summed E-state index contributed by atoms with van der Waals surface area (Å²) in [5, 5.41) is 0. The van der Waals surface area contributed by atoms with E-state index in [9.17, 15) is 4.79 Å². The first-order valence-corrected chi connectivity index (χ1v) is 5.11. The Kier molecular flexibility index (Phi) is 2.32. The zero-order valence-corrected chi connectivity index (χ0v) is 8.59. The fraction of sp³-hybridized carbons (Fsp3) is 0.545. The lowest BCUT2D eigenvalue weighted by Crippen LogP contribution is -2.05. The molecule has 76 valence electrons. The van der Waals surface area contributed by atoms with E-state index in [0.29, 0.717) is 18.2 Å². The Balaban J connectivity index is 2.22. The first-order valence-electron chi connectivity index (χ1n) is 5.11. The van der Waals surface area contributed by atoms with Crippen molar-refractivity contribution in [3.8, 4) is 0 Å². The van der Waals surface area contributed by atoms with Gasteiger partial charge in [0.25, 0.3) is 0 Å². The molecule has 3 heteroatoms. The van der Waals surface area contributed by atoms with Gasteiger partial charge in [0.1, 0.15) is 5.69 Å². The summed E-state index contributed by atoms with van der Waals surface area (Å²) in [5.74, 6) is 0.308. The number of hydrogen-bond donors (Lipinski definition) is 1. The molecule has 0 bridgehead atoms. The topological polar surface area (TPSA) is 42.1 Å². The van der Waals surface area contributed by atoms with E-state index in [-0.39, 0.29) is 5.97 Å². The summed E-state index contributed by atoms with van der Waals surface area (Å²) in [6.45, 7) is 4.42. The minimum absolute atomic E-state index is 0.242. The molecule has 0 fully saturated rings. The minimum Gasteiger partial charge on any atom is -0.461 e. The Bertz CT molecular complexity index is 354. The predicted molar refractivity (Wildman–Crippen MR) is 53.5 cm³/mol. The molecule has 0 aromatic carbocycles. The summed E-state index contributed by atoms with van der Waals surface area (Å²) in [4.78, 5) is 14.6. The Labute approximate surface area is 83.5 Å². The number of H-pyrrole nitrogens is 1. The molecule has 1 aliphatic rings. The number of nitrogens with one attached hydrogen (secondary N) is 1. The van der Waals surface area contributed by atoms with Crippen molar-refractivity contribution in [2.24, 2.45) is 0 Å². The van der Waals surface area contributed by atoms with E-state index in [1.807, 2.05) is 13.0 Å². The van der Waals surface area contributed by atoms with Gasteiger partial charge in [-0.1, -0.05) is 6.92 Å². The second-order valence-electron chi connectivity index (χ2n) is 3.78. The van der Waals surface area contributed by atoms with Crippen LogP contribution in [-0.4, -0.2) is 17.6 Å². The molecule has 1 atom stereocenters. The fourth-order valence-electron chi connectivity index (χ4n) is 2.00. The number of aromatic amines is 1. The maximum Gasteiger partial charge on any atom is 0.354 e. The van der Waals surface area contributed by atoms with Crippen molar-refractivity contribution < 1.29 is 9.53 Å². The number of rotatable bonds is 2. The Hall–Kier alpha value is -1.25. The Morgan fingerprint density at radius 2 is 2.50 bits per heavy atom. The van der Waals surface area contributed by atoms with Crippen LogP contribution in [0.5, 0.6) is 0 Å². The minimum atomic E-state index is -0.242. The van der Waals surface area contributed by atoms with E-state index in [4.69, 9.17) is 4.74 Å². The monoisotopic (exact) mass is 193 g/mol. The Morgan fingerprint density at radius 1 is 1.71 bits per heavy atom. The van der Waals surface area contributed by atoms with Gasteiger partial charge in [-0.25, -0.2) is 4.79 Å². The normalized spacial score (nSPS) is 19.4. The quantitative estimate of drug-likeness (QED) is 0.732. The lowest BCUT2D eigenvalue weighted by molar-refractivity contribution is 0.0520. The van der Waals surface area contributed by atoms with Crippen LogP contribution in [0.15, 0.2) is 6.07 Å². The van der Waals surface area contributed by atoms with E-state index in [0.717, 1.165) is 6.42 Å². The molecule has 1 aromatic rings. The molecule has 0 spiro atoms. The van der Waals surface area contributed by atoms with Gasteiger partial charge in [-0.05, 0) is 37.3 Å². The molecule has 0 saturated heterocycles. The van der Waals surface area contributed by atoms with Crippen LogP contribution in [0.2, 0.25) is 0 Å². The zero-order chi connectivity index (χ0) is 10.1. The molecule has 1 aliphatic carbocycles. The molecule has 0 amide bonds. The van der Waals surface area contributed by atoms with Gasteiger partial charge in [-0.2, -0.15) is 0 Å². The molecule has 0 radical (unpaired) electrons. The molecule has 1 unspecified atom stereocenters. The molecule has 14 heavy (non-hydrogen) atoms. The second kappa shape index (κ2) is 3.48. The van der Waals surface area contributed by atoms with Gasteiger partial charge in [0, 0.05) is 5.69 Å².